The second-order valence-corrected chi connectivity index (χ2v) is 7.73. The topological polar surface area (TPSA) is 86.7 Å². The van der Waals surface area contributed by atoms with Crippen molar-refractivity contribution in [1.82, 2.24) is 4.90 Å². The maximum absolute atomic E-state index is 13.3. The van der Waals surface area contributed by atoms with Crippen molar-refractivity contribution < 1.29 is 19.5 Å². The van der Waals surface area contributed by atoms with E-state index >= 15 is 0 Å². The highest BCUT2D eigenvalue weighted by atomic mass is 16.4. The van der Waals surface area contributed by atoms with Crippen molar-refractivity contribution in [2.24, 2.45) is 5.41 Å². The number of carboxylic acid groups (broad SMARTS) is 1. The number of rotatable bonds is 2. The quantitative estimate of drug-likeness (QED) is 0.859. The van der Waals surface area contributed by atoms with Crippen molar-refractivity contribution in [2.75, 3.05) is 11.9 Å². The molecule has 1 fully saturated rings. The molecule has 2 amide bonds. The lowest BCUT2D eigenvalue weighted by Crippen LogP contribution is -2.68. The summed E-state index contributed by atoms with van der Waals surface area (Å²) in [6.45, 7) is 9.19. The zero-order chi connectivity index (χ0) is 19.0. The van der Waals surface area contributed by atoms with Gasteiger partial charge in [0.25, 0.3) is 5.91 Å². The van der Waals surface area contributed by atoms with Crippen LogP contribution in [0.15, 0.2) is 18.2 Å². The number of hydrogen-bond donors (Lipinski definition) is 2. The molecule has 1 atom stereocenters. The Kier molecular flexibility index (Phi) is 4.93. The number of likely N-dealkylation sites (tertiary alicyclic amines) is 1. The maximum Gasteiger partial charge on any atom is 0.408 e. The molecule has 0 spiro atoms. The van der Waals surface area contributed by atoms with Crippen molar-refractivity contribution in [3.63, 3.8) is 0 Å². The minimum absolute atomic E-state index is 0.0333. The monoisotopic (exact) mass is 346 g/mol. The number of benzene rings is 1. The molecule has 1 saturated heterocycles. The van der Waals surface area contributed by atoms with Crippen molar-refractivity contribution >= 4 is 23.5 Å². The highest BCUT2D eigenvalue weighted by Gasteiger charge is 2.57. The third kappa shape index (κ3) is 3.25. The fourth-order valence-corrected chi connectivity index (χ4v) is 3.60. The van der Waals surface area contributed by atoms with Crippen LogP contribution in [0.25, 0.3) is 0 Å². The number of para-hydroxylation sites is 1. The number of nitrogens with one attached hydrogen (secondary N) is 1. The molecule has 0 bridgehead atoms. The van der Waals surface area contributed by atoms with Crippen LogP contribution in [0.2, 0.25) is 0 Å². The van der Waals surface area contributed by atoms with Gasteiger partial charge >= 0.3 is 6.09 Å². The molecule has 136 valence electrons. The Hall–Kier alpha value is -2.37. The molecule has 0 aromatic heterocycles. The number of carbonyl (C=O) groups is 3. The van der Waals surface area contributed by atoms with E-state index in [9.17, 15) is 19.5 Å². The van der Waals surface area contributed by atoms with Gasteiger partial charge in [-0.15, -0.1) is 0 Å². The average Bonchev–Trinajstić information content (AvgIpc) is 2.49. The van der Waals surface area contributed by atoms with Gasteiger partial charge in [-0.3, -0.25) is 14.5 Å². The van der Waals surface area contributed by atoms with Crippen LogP contribution in [0.3, 0.4) is 0 Å². The van der Waals surface area contributed by atoms with Crippen LogP contribution in [0, 0.1) is 19.3 Å². The molecule has 1 aromatic rings. The largest absolute Gasteiger partial charge is 0.465 e. The first kappa shape index (κ1) is 19.0. The smallest absolute Gasteiger partial charge is 0.408 e. The van der Waals surface area contributed by atoms with Gasteiger partial charge < -0.3 is 10.4 Å². The molecule has 0 radical (unpaired) electrons. The minimum Gasteiger partial charge on any atom is -0.465 e. The second-order valence-electron chi connectivity index (χ2n) is 7.73. The highest BCUT2D eigenvalue weighted by Crippen LogP contribution is 2.43. The van der Waals surface area contributed by atoms with Crippen LogP contribution in [0.4, 0.5) is 10.5 Å². The summed E-state index contributed by atoms with van der Waals surface area (Å²) in [4.78, 5) is 38.5. The fraction of sp³-hybridized carbons (Fsp3) is 0.526. The van der Waals surface area contributed by atoms with Gasteiger partial charge in [0.15, 0.2) is 0 Å². The van der Waals surface area contributed by atoms with Gasteiger partial charge in [-0.2, -0.15) is 0 Å². The average molecular weight is 346 g/mol. The number of nitrogens with zero attached hydrogens (tertiary/aromatic N) is 1. The molecule has 0 aliphatic carbocycles. The van der Waals surface area contributed by atoms with Crippen molar-refractivity contribution in [2.45, 2.75) is 53.0 Å². The standard InChI is InChI=1S/C19H26N2O4/c1-12-7-6-8-13(2)15(12)20-16(23)19(18(3,4)5)11-14(22)9-10-21(19)17(24)25/h6-8H,9-11H2,1-5H3,(H,20,23)(H,24,25). The van der Waals surface area contributed by atoms with Gasteiger partial charge in [-0.1, -0.05) is 39.0 Å². The number of ketones is 1. The third-order valence-electron chi connectivity index (χ3n) is 5.09. The molecule has 1 aromatic carbocycles. The molecular formula is C19H26N2O4. The van der Waals surface area contributed by atoms with E-state index in [4.69, 9.17) is 0 Å². The Bertz CT molecular complexity index is 700. The van der Waals surface area contributed by atoms with Crippen molar-refractivity contribution in [3.8, 4) is 0 Å². The van der Waals surface area contributed by atoms with Crippen LogP contribution in [0.1, 0.15) is 44.7 Å². The van der Waals surface area contributed by atoms with Crippen LogP contribution >= 0.6 is 0 Å². The summed E-state index contributed by atoms with van der Waals surface area (Å²) in [5.74, 6) is -0.545. The van der Waals surface area contributed by atoms with Crippen LogP contribution in [-0.2, 0) is 9.59 Å². The van der Waals surface area contributed by atoms with Gasteiger partial charge in [-0.05, 0) is 30.4 Å². The first-order valence-electron chi connectivity index (χ1n) is 8.40. The minimum atomic E-state index is -1.44. The van der Waals surface area contributed by atoms with Gasteiger partial charge in [0.2, 0.25) is 0 Å². The Morgan fingerprint density at radius 3 is 2.24 bits per heavy atom. The molecular weight excluding hydrogens is 320 g/mol. The van der Waals surface area contributed by atoms with E-state index in [0.29, 0.717) is 5.69 Å². The molecule has 1 heterocycles. The first-order valence-corrected chi connectivity index (χ1v) is 8.40. The number of carbonyl (C=O) groups excluding carboxylic acids is 2. The number of anilines is 1. The van der Waals surface area contributed by atoms with Gasteiger partial charge in [0.1, 0.15) is 11.3 Å². The molecule has 1 aliphatic heterocycles. The predicted octanol–water partition coefficient (Wildman–Crippen LogP) is 3.37. The molecule has 1 aliphatic rings. The predicted molar refractivity (Wildman–Crippen MR) is 95.7 cm³/mol. The van der Waals surface area contributed by atoms with Crippen molar-refractivity contribution in [3.05, 3.63) is 29.3 Å². The zero-order valence-corrected chi connectivity index (χ0v) is 15.5. The zero-order valence-electron chi connectivity index (χ0n) is 15.5. The summed E-state index contributed by atoms with van der Waals surface area (Å²) in [5.41, 5.74) is 0.257. The number of aryl methyl sites for hydroxylation is 2. The highest BCUT2D eigenvalue weighted by molar-refractivity contribution is 6.05. The van der Waals surface area contributed by atoms with Crippen molar-refractivity contribution in [1.29, 1.82) is 0 Å². The maximum atomic E-state index is 13.3. The van der Waals surface area contributed by atoms with E-state index in [2.05, 4.69) is 5.32 Å². The summed E-state index contributed by atoms with van der Waals surface area (Å²) in [6.07, 6.45) is -1.15. The first-order chi connectivity index (χ1) is 11.5. The molecule has 1 unspecified atom stereocenters. The number of amides is 2. The van der Waals surface area contributed by atoms with Crippen LogP contribution in [-0.4, -0.2) is 39.9 Å². The van der Waals surface area contributed by atoms with Gasteiger partial charge in [0.05, 0.1) is 0 Å². The Labute approximate surface area is 148 Å². The lowest BCUT2D eigenvalue weighted by atomic mass is 9.67. The summed E-state index contributed by atoms with van der Waals surface area (Å²) >= 11 is 0. The molecule has 25 heavy (non-hydrogen) atoms. The van der Waals surface area contributed by atoms with E-state index in [0.717, 1.165) is 16.0 Å². The van der Waals surface area contributed by atoms with Crippen LogP contribution < -0.4 is 5.32 Å². The fourth-order valence-electron chi connectivity index (χ4n) is 3.60. The van der Waals surface area contributed by atoms with E-state index in [1.54, 1.807) is 20.8 Å². The van der Waals surface area contributed by atoms with Gasteiger partial charge in [-0.25, -0.2) is 4.79 Å². The Morgan fingerprint density at radius 1 is 1.20 bits per heavy atom. The second kappa shape index (κ2) is 6.50. The normalized spacial score (nSPS) is 21.2. The molecule has 0 saturated carbocycles. The van der Waals surface area contributed by atoms with E-state index in [1.165, 1.54) is 0 Å². The molecule has 2 N–H and O–H groups in total. The molecule has 2 rings (SSSR count). The summed E-state index contributed by atoms with van der Waals surface area (Å²) in [7, 11) is 0. The summed E-state index contributed by atoms with van der Waals surface area (Å²) in [5, 5.41) is 12.6. The van der Waals surface area contributed by atoms with E-state index in [-0.39, 0.29) is 25.2 Å². The van der Waals surface area contributed by atoms with E-state index < -0.39 is 23.0 Å². The lowest BCUT2D eigenvalue weighted by molar-refractivity contribution is -0.145. The SMILES string of the molecule is Cc1cccc(C)c1NC(=O)C1(C(C)(C)C)CC(=O)CCN1C(=O)O. The molecule has 6 heteroatoms. The summed E-state index contributed by atoms with van der Waals surface area (Å²) < 4.78 is 0. The summed E-state index contributed by atoms with van der Waals surface area (Å²) in [6, 6.07) is 5.66. The Balaban J connectivity index is 2.54. The molecule has 6 nitrogen and oxygen atoms in total. The van der Waals surface area contributed by atoms with Gasteiger partial charge in [0, 0.05) is 25.1 Å². The number of piperidine rings is 1. The Morgan fingerprint density at radius 2 is 1.76 bits per heavy atom. The number of hydrogen-bond acceptors (Lipinski definition) is 3. The third-order valence-corrected chi connectivity index (χ3v) is 5.09. The van der Waals surface area contributed by atoms with Crippen LogP contribution in [0.5, 0.6) is 0 Å². The van der Waals surface area contributed by atoms with E-state index in [1.807, 2.05) is 32.0 Å². The lowest BCUT2D eigenvalue weighted by Gasteiger charge is -2.51. The number of Topliss-reactive ketones (excluding diaryl/α,β-unsaturated/α-hetero) is 1.